The van der Waals surface area contributed by atoms with Crippen LogP contribution in [0.3, 0.4) is 0 Å². The van der Waals surface area contributed by atoms with Crippen molar-refractivity contribution in [2.24, 2.45) is 5.84 Å². The predicted molar refractivity (Wildman–Crippen MR) is 83.9 cm³/mol. The molecule has 0 aliphatic rings. The summed E-state index contributed by atoms with van der Waals surface area (Å²) in [7, 11) is 1.65. The van der Waals surface area contributed by atoms with Crippen LogP contribution in [0.2, 0.25) is 0 Å². The monoisotopic (exact) mass is 279 g/mol. The molecule has 0 spiro atoms. The lowest BCUT2D eigenvalue weighted by atomic mass is 9.99. The number of fused-ring (bicyclic) bond motifs is 1. The highest BCUT2D eigenvalue weighted by atomic mass is 16.5. The molecule has 2 aromatic carbocycles. The second-order valence-corrected chi connectivity index (χ2v) is 4.83. The number of benzene rings is 2. The van der Waals surface area contributed by atoms with Crippen LogP contribution in [-0.4, -0.2) is 12.1 Å². The van der Waals surface area contributed by atoms with E-state index in [9.17, 15) is 0 Å². The molecule has 0 saturated heterocycles. The Labute approximate surface area is 123 Å². The largest absolute Gasteiger partial charge is 0.497 e. The van der Waals surface area contributed by atoms with Crippen molar-refractivity contribution in [2.45, 2.75) is 6.04 Å². The zero-order chi connectivity index (χ0) is 14.7. The van der Waals surface area contributed by atoms with E-state index in [-0.39, 0.29) is 6.04 Å². The fraction of sp³-hybridized carbons (Fsp3) is 0.118. The van der Waals surface area contributed by atoms with Gasteiger partial charge in [-0.15, -0.1) is 0 Å². The predicted octanol–water partition coefficient (Wildman–Crippen LogP) is 2.80. The topological polar surface area (TPSA) is 60.2 Å². The van der Waals surface area contributed by atoms with Gasteiger partial charge in [0, 0.05) is 11.6 Å². The van der Waals surface area contributed by atoms with Gasteiger partial charge in [0.1, 0.15) is 5.75 Å². The van der Waals surface area contributed by atoms with Gasteiger partial charge in [0.2, 0.25) is 0 Å². The van der Waals surface area contributed by atoms with Crippen LogP contribution in [0.25, 0.3) is 10.9 Å². The molecule has 21 heavy (non-hydrogen) atoms. The third kappa shape index (κ3) is 2.72. The first-order valence-corrected chi connectivity index (χ1v) is 6.76. The molecule has 1 aromatic heterocycles. The van der Waals surface area contributed by atoms with Gasteiger partial charge in [-0.2, -0.15) is 0 Å². The molecule has 0 fully saturated rings. The number of hydrazine groups is 1. The van der Waals surface area contributed by atoms with Gasteiger partial charge in [0.15, 0.2) is 0 Å². The van der Waals surface area contributed by atoms with Gasteiger partial charge in [-0.1, -0.05) is 30.3 Å². The fourth-order valence-corrected chi connectivity index (χ4v) is 2.43. The second-order valence-electron chi connectivity index (χ2n) is 4.83. The number of nitrogens with one attached hydrogen (secondary N) is 1. The van der Waals surface area contributed by atoms with E-state index in [1.54, 1.807) is 7.11 Å². The number of para-hydroxylation sites is 1. The number of methoxy groups -OCH3 is 1. The Morgan fingerprint density at radius 3 is 2.52 bits per heavy atom. The number of pyridine rings is 1. The highest BCUT2D eigenvalue weighted by molar-refractivity contribution is 5.78. The molecule has 4 heteroatoms. The number of rotatable bonds is 4. The summed E-state index contributed by atoms with van der Waals surface area (Å²) in [5, 5.41) is 1.10. The van der Waals surface area contributed by atoms with Gasteiger partial charge >= 0.3 is 0 Å². The molecule has 0 aliphatic carbocycles. The maximum Gasteiger partial charge on any atom is 0.118 e. The lowest BCUT2D eigenvalue weighted by Gasteiger charge is -2.17. The lowest BCUT2D eigenvalue weighted by molar-refractivity contribution is 0.414. The maximum atomic E-state index is 5.74. The Morgan fingerprint density at radius 2 is 1.81 bits per heavy atom. The fourth-order valence-electron chi connectivity index (χ4n) is 2.43. The Balaban J connectivity index is 2.00. The number of ether oxygens (including phenoxy) is 1. The maximum absolute atomic E-state index is 5.74. The van der Waals surface area contributed by atoms with E-state index in [1.165, 1.54) is 0 Å². The van der Waals surface area contributed by atoms with Crippen molar-refractivity contribution in [1.82, 2.24) is 10.4 Å². The molecular formula is C17H17N3O. The summed E-state index contributed by atoms with van der Waals surface area (Å²) in [5.41, 5.74) is 5.93. The molecule has 106 valence electrons. The van der Waals surface area contributed by atoms with E-state index >= 15 is 0 Å². The van der Waals surface area contributed by atoms with Gasteiger partial charge in [0.05, 0.1) is 18.7 Å². The van der Waals surface area contributed by atoms with Crippen molar-refractivity contribution in [2.75, 3.05) is 7.11 Å². The van der Waals surface area contributed by atoms with Crippen LogP contribution in [0, 0.1) is 0 Å². The van der Waals surface area contributed by atoms with Crippen LogP contribution in [0.4, 0.5) is 0 Å². The van der Waals surface area contributed by atoms with Crippen LogP contribution < -0.4 is 16.0 Å². The first-order chi connectivity index (χ1) is 10.3. The Morgan fingerprint density at radius 1 is 1.05 bits per heavy atom. The molecule has 3 aromatic rings. The Bertz CT molecular complexity index is 740. The summed E-state index contributed by atoms with van der Waals surface area (Å²) in [6.07, 6.45) is 1.86. The van der Waals surface area contributed by atoms with Crippen LogP contribution >= 0.6 is 0 Å². The minimum Gasteiger partial charge on any atom is -0.497 e. The highest BCUT2D eigenvalue weighted by Crippen LogP contribution is 2.25. The molecule has 0 bridgehead atoms. The molecule has 4 nitrogen and oxygen atoms in total. The van der Waals surface area contributed by atoms with Crippen LogP contribution in [0.15, 0.2) is 60.8 Å². The molecule has 1 unspecified atom stereocenters. The van der Waals surface area contributed by atoms with Crippen molar-refractivity contribution < 1.29 is 4.74 Å². The highest BCUT2D eigenvalue weighted by Gasteiger charge is 2.13. The van der Waals surface area contributed by atoms with Crippen molar-refractivity contribution in [1.29, 1.82) is 0 Å². The van der Waals surface area contributed by atoms with E-state index in [0.717, 1.165) is 27.8 Å². The summed E-state index contributed by atoms with van der Waals surface area (Å²) in [4.78, 5) is 4.49. The second kappa shape index (κ2) is 5.91. The molecule has 3 N–H and O–H groups in total. The third-order valence-electron chi connectivity index (χ3n) is 3.56. The molecule has 1 heterocycles. The first kappa shape index (κ1) is 13.5. The number of hydrogen-bond donors (Lipinski definition) is 2. The van der Waals surface area contributed by atoms with Gasteiger partial charge < -0.3 is 4.74 Å². The smallest absolute Gasteiger partial charge is 0.118 e. The van der Waals surface area contributed by atoms with Crippen LogP contribution in [0.5, 0.6) is 5.75 Å². The van der Waals surface area contributed by atoms with Gasteiger partial charge in [-0.25, -0.2) is 5.43 Å². The molecular weight excluding hydrogens is 262 g/mol. The number of hydrogen-bond acceptors (Lipinski definition) is 4. The summed E-state index contributed by atoms with van der Waals surface area (Å²) < 4.78 is 5.18. The van der Waals surface area contributed by atoms with E-state index in [0.29, 0.717) is 0 Å². The van der Waals surface area contributed by atoms with Gasteiger partial charge in [0.25, 0.3) is 0 Å². The van der Waals surface area contributed by atoms with Crippen molar-refractivity contribution in [3.63, 3.8) is 0 Å². The average Bonchev–Trinajstić information content (AvgIpc) is 2.56. The van der Waals surface area contributed by atoms with Crippen molar-refractivity contribution in [3.05, 3.63) is 71.9 Å². The molecule has 0 aliphatic heterocycles. The lowest BCUT2D eigenvalue weighted by Crippen LogP contribution is -2.28. The standard InChI is InChI=1S/C17H17N3O/c1-21-15-8-6-12(7-9-15)17(20-18)14-10-13-4-2-3-5-16(13)19-11-14/h2-11,17,20H,18H2,1H3. The number of nitrogens with zero attached hydrogens (tertiary/aromatic N) is 1. The molecule has 0 amide bonds. The van der Waals surface area contributed by atoms with E-state index in [4.69, 9.17) is 10.6 Å². The zero-order valence-corrected chi connectivity index (χ0v) is 11.8. The van der Waals surface area contributed by atoms with E-state index in [1.807, 2.05) is 54.7 Å². The Kier molecular flexibility index (Phi) is 3.81. The van der Waals surface area contributed by atoms with E-state index < -0.39 is 0 Å². The summed E-state index contributed by atoms with van der Waals surface area (Å²) >= 11 is 0. The van der Waals surface area contributed by atoms with Crippen LogP contribution in [-0.2, 0) is 0 Å². The molecule has 3 rings (SSSR count). The average molecular weight is 279 g/mol. The third-order valence-corrected chi connectivity index (χ3v) is 3.56. The van der Waals surface area contributed by atoms with Crippen LogP contribution in [0.1, 0.15) is 17.2 Å². The summed E-state index contributed by atoms with van der Waals surface area (Å²) in [6.45, 7) is 0. The molecule has 1 atom stereocenters. The van der Waals surface area contributed by atoms with Gasteiger partial charge in [-0.3, -0.25) is 10.8 Å². The molecule has 0 radical (unpaired) electrons. The normalized spacial score (nSPS) is 12.3. The minimum atomic E-state index is -0.104. The summed E-state index contributed by atoms with van der Waals surface area (Å²) in [6, 6.07) is 17.9. The SMILES string of the molecule is COc1ccc(C(NN)c2cnc3ccccc3c2)cc1. The van der Waals surface area contributed by atoms with Gasteiger partial charge in [-0.05, 0) is 35.4 Å². The van der Waals surface area contributed by atoms with E-state index in [2.05, 4.69) is 16.5 Å². The van der Waals surface area contributed by atoms with Crippen molar-refractivity contribution in [3.8, 4) is 5.75 Å². The zero-order valence-electron chi connectivity index (χ0n) is 11.8. The quantitative estimate of drug-likeness (QED) is 0.569. The number of aromatic nitrogens is 1. The minimum absolute atomic E-state index is 0.104. The summed E-state index contributed by atoms with van der Waals surface area (Å²) in [5.74, 6) is 6.57. The Hall–Kier alpha value is -2.43. The first-order valence-electron chi connectivity index (χ1n) is 6.76. The number of nitrogens with two attached hydrogens (primary N) is 1. The molecule has 0 saturated carbocycles. The van der Waals surface area contributed by atoms with Crippen molar-refractivity contribution >= 4 is 10.9 Å².